The van der Waals surface area contributed by atoms with Crippen molar-refractivity contribution in [1.82, 2.24) is 24.1 Å². The Morgan fingerprint density at radius 1 is 0.405 bits per heavy atom. The van der Waals surface area contributed by atoms with Crippen molar-refractivity contribution in [2.24, 2.45) is 0 Å². The molecule has 7 nitrogen and oxygen atoms in total. The van der Waals surface area contributed by atoms with Crippen LogP contribution in [0.3, 0.4) is 0 Å². The van der Waals surface area contributed by atoms with Crippen molar-refractivity contribution in [3.63, 3.8) is 0 Å². The minimum atomic E-state index is 0. The van der Waals surface area contributed by atoms with Gasteiger partial charge in [0.05, 0.1) is 44.8 Å². The van der Waals surface area contributed by atoms with Gasteiger partial charge in [-0.3, -0.25) is 15.0 Å². The first kappa shape index (κ1) is 54.4. The zero-order chi connectivity index (χ0) is 56.8. The third kappa shape index (κ3) is 9.40. The molecule has 0 N–H and O–H groups in total. The number of rotatable bonds is 12. The molecular weight excluding hydrogens is 1210 g/mol. The molecule has 0 aliphatic carbocycles. The molecule has 0 atom stereocenters. The van der Waals surface area contributed by atoms with Crippen molar-refractivity contribution in [2.45, 2.75) is 86.0 Å². The summed E-state index contributed by atoms with van der Waals surface area (Å²) in [5, 5.41) is 4.93. The Kier molecular flexibility index (Phi) is 14.0. The van der Waals surface area contributed by atoms with Crippen molar-refractivity contribution < 1.29 is 30.2 Å². The smallest absolute Gasteiger partial charge is 0.500 e. The summed E-state index contributed by atoms with van der Waals surface area (Å²) in [6, 6.07) is 76.4. The minimum absolute atomic E-state index is 0. The van der Waals surface area contributed by atoms with Crippen molar-refractivity contribution in [3.05, 3.63) is 234 Å². The number of imidazole rings is 2. The Balaban J connectivity index is 0.00000658. The van der Waals surface area contributed by atoms with Crippen LogP contribution in [0.1, 0.15) is 107 Å². The van der Waals surface area contributed by atoms with E-state index in [9.17, 15) is 0 Å². The van der Waals surface area contributed by atoms with Crippen molar-refractivity contribution in [2.75, 3.05) is 0 Å². The minimum Gasteiger partial charge on any atom is -0.500 e. The van der Waals surface area contributed by atoms with Crippen LogP contribution in [0.15, 0.2) is 199 Å². The third-order valence-electron chi connectivity index (χ3n) is 16.5. The number of nitrogens with zero attached hydrogens (tertiary/aromatic N) is 5. The molecule has 10 aromatic carbocycles. The summed E-state index contributed by atoms with van der Waals surface area (Å²) < 4.78 is 19.2. The number of fused-ring (bicyclic) bond motifs is 8. The van der Waals surface area contributed by atoms with E-state index in [1.54, 1.807) is 0 Å². The predicted octanol–water partition coefficient (Wildman–Crippen LogP) is 20.8. The van der Waals surface area contributed by atoms with E-state index in [1.165, 1.54) is 44.5 Å². The molecule has 0 amide bonds. The number of hydrogen-bond acceptors (Lipinski definition) is 5. The molecular formula is C76H63N5O2Pt. The van der Waals surface area contributed by atoms with E-state index in [0.29, 0.717) is 28.5 Å². The maximum absolute atomic E-state index is 7.32. The Labute approximate surface area is 504 Å². The molecule has 84 heavy (non-hydrogen) atoms. The second-order valence-corrected chi connectivity index (χ2v) is 23.4. The molecule has 414 valence electrons. The summed E-state index contributed by atoms with van der Waals surface area (Å²) in [6.07, 6.45) is 0. The number of aromatic nitrogens is 5. The van der Waals surface area contributed by atoms with E-state index in [4.69, 9.17) is 24.1 Å². The first-order valence-corrected chi connectivity index (χ1v) is 29.1. The fourth-order valence-electron chi connectivity index (χ4n) is 12.3. The Morgan fingerprint density at radius 2 is 0.929 bits per heavy atom. The molecule has 0 saturated carbocycles. The number of ether oxygens (including phenoxy) is 1. The zero-order valence-electron chi connectivity index (χ0n) is 48.7. The van der Waals surface area contributed by atoms with Gasteiger partial charge in [0, 0.05) is 44.7 Å². The summed E-state index contributed by atoms with van der Waals surface area (Å²) >= 11 is 0. The summed E-state index contributed by atoms with van der Waals surface area (Å²) in [6.45, 7) is 20.3. The van der Waals surface area contributed by atoms with E-state index in [0.717, 1.165) is 88.6 Å². The molecule has 0 bridgehead atoms. The SMILES string of the molecule is Cc1ccc2cc3c(ccc4c5cc(Oc6[c-]c(-c7nc8ccccc8n7-c7c(C(C)C)cc(-c8ccccc8)cc7C(C)C)ccc6)[c-]c(-c6nc7ccccc7n6-c6c(C(C)C)cc(-c7ccccc7)cc6C(C)C)c5oc34)cc2n1.[Pt+2]. The molecule has 0 aliphatic rings. The maximum Gasteiger partial charge on any atom is 2.00 e. The van der Waals surface area contributed by atoms with Crippen LogP contribution in [0, 0.1) is 19.1 Å². The summed E-state index contributed by atoms with van der Waals surface area (Å²) in [5.74, 6) is 3.29. The average molecular weight is 1270 g/mol. The topological polar surface area (TPSA) is 70.9 Å². The Bertz CT molecular complexity index is 4800. The van der Waals surface area contributed by atoms with Crippen LogP contribution in [-0.2, 0) is 21.1 Å². The van der Waals surface area contributed by atoms with Gasteiger partial charge in [0.2, 0.25) is 0 Å². The van der Waals surface area contributed by atoms with Crippen LogP contribution in [0.25, 0.3) is 122 Å². The van der Waals surface area contributed by atoms with E-state index in [-0.39, 0.29) is 44.7 Å². The Hall–Kier alpha value is -8.90. The van der Waals surface area contributed by atoms with Gasteiger partial charge in [-0.15, -0.1) is 23.8 Å². The summed E-state index contributed by atoms with van der Waals surface area (Å²) in [7, 11) is 0. The summed E-state index contributed by atoms with van der Waals surface area (Å²) in [4.78, 5) is 15.9. The second kappa shape index (κ2) is 21.7. The largest absolute Gasteiger partial charge is 2.00 e. The molecule has 14 aromatic rings. The van der Waals surface area contributed by atoms with Gasteiger partial charge < -0.3 is 18.3 Å². The van der Waals surface area contributed by atoms with E-state index < -0.39 is 0 Å². The normalized spacial score (nSPS) is 12.0. The number of para-hydroxylation sites is 4. The third-order valence-corrected chi connectivity index (χ3v) is 16.5. The molecule has 4 heterocycles. The van der Waals surface area contributed by atoms with E-state index in [1.807, 2.05) is 19.1 Å². The molecule has 4 aromatic heterocycles. The molecule has 14 rings (SSSR count). The van der Waals surface area contributed by atoms with Gasteiger partial charge in [0.1, 0.15) is 5.58 Å². The van der Waals surface area contributed by atoms with Crippen LogP contribution in [0.4, 0.5) is 0 Å². The second-order valence-electron chi connectivity index (χ2n) is 23.4. The van der Waals surface area contributed by atoms with Crippen molar-refractivity contribution in [1.29, 1.82) is 0 Å². The quantitative estimate of drug-likeness (QED) is 0.0900. The van der Waals surface area contributed by atoms with E-state index >= 15 is 0 Å². The van der Waals surface area contributed by atoms with Gasteiger partial charge in [-0.1, -0.05) is 188 Å². The zero-order valence-corrected chi connectivity index (χ0v) is 50.9. The number of hydrogen-bond donors (Lipinski definition) is 0. The number of benzene rings is 10. The van der Waals surface area contributed by atoms with Gasteiger partial charge in [-0.05, 0) is 147 Å². The Morgan fingerprint density at radius 3 is 1.50 bits per heavy atom. The molecule has 0 aliphatic heterocycles. The van der Waals surface area contributed by atoms with Gasteiger partial charge in [0.15, 0.2) is 0 Å². The number of furan rings is 1. The molecule has 0 unspecified atom stereocenters. The van der Waals surface area contributed by atoms with Gasteiger partial charge >= 0.3 is 21.1 Å². The van der Waals surface area contributed by atoms with Crippen LogP contribution in [-0.4, -0.2) is 24.1 Å². The summed E-state index contributed by atoms with van der Waals surface area (Å²) in [5.41, 5.74) is 20.6. The van der Waals surface area contributed by atoms with Gasteiger partial charge in [0.25, 0.3) is 0 Å². The van der Waals surface area contributed by atoms with Crippen LogP contribution in [0.5, 0.6) is 11.5 Å². The average Bonchev–Trinajstić information content (AvgIpc) is 3.67. The predicted molar refractivity (Wildman–Crippen MR) is 343 cm³/mol. The van der Waals surface area contributed by atoms with Crippen LogP contribution in [0.2, 0.25) is 0 Å². The molecule has 0 saturated heterocycles. The van der Waals surface area contributed by atoms with Gasteiger partial charge in [-0.2, -0.15) is 0 Å². The number of pyridine rings is 1. The molecule has 8 heteroatoms. The first-order chi connectivity index (χ1) is 40.3. The fourth-order valence-corrected chi connectivity index (χ4v) is 12.3. The standard InChI is InChI=1S/C76H63N5O2.Pt/c1-44(2)59-37-54(49-21-12-10-13-22-49)38-60(45(3)4)71(59)80-69-29-18-16-27-66(69)78-75(80)53-25-20-26-56(35-53)82-57-42-64-58-34-33-51-41-68-52(32-31-48(9)77-68)36-63(51)73(58)83-74(64)65(43-57)76-79-67-28-17-19-30-70(67)81(76)72-61(46(5)6)39-55(40-62(72)47(7)8)50-23-14-11-15-24-50;/h10-34,36-42,44-47H,1-9H3;/q-2;+2. The molecule has 0 spiro atoms. The van der Waals surface area contributed by atoms with Crippen molar-refractivity contribution in [3.8, 4) is 67.9 Å². The van der Waals surface area contributed by atoms with Crippen molar-refractivity contribution >= 4 is 65.7 Å². The first-order valence-electron chi connectivity index (χ1n) is 29.1. The molecule has 0 fully saturated rings. The monoisotopic (exact) mass is 1270 g/mol. The maximum atomic E-state index is 7.32. The van der Waals surface area contributed by atoms with Crippen LogP contribution < -0.4 is 4.74 Å². The van der Waals surface area contributed by atoms with E-state index in [2.05, 4.69) is 259 Å². The number of aryl methyl sites for hydroxylation is 1. The fraction of sp³-hybridized carbons (Fsp3) is 0.171. The van der Waals surface area contributed by atoms with Gasteiger partial charge in [-0.25, -0.2) is 0 Å². The molecule has 0 radical (unpaired) electrons. The van der Waals surface area contributed by atoms with Crippen LogP contribution >= 0.6 is 0 Å².